The third-order valence-corrected chi connectivity index (χ3v) is 10.4. The van der Waals surface area contributed by atoms with E-state index in [1.54, 1.807) is 19.1 Å². The third kappa shape index (κ3) is 10.4. The number of nitrogens with zero attached hydrogens (tertiary/aromatic N) is 2. The summed E-state index contributed by atoms with van der Waals surface area (Å²) >= 11 is 4.08. The number of unbranched alkanes of at least 4 members (excludes halogenated alkanes) is 4. The molecule has 1 aromatic heterocycles. The number of benzene rings is 1. The lowest BCUT2D eigenvalue weighted by Gasteiger charge is -2.25. The standard InChI is InChI=1S/C32H40N4O6S3/c1-3-4-5-6-7-11-27(39)43-16-9-8-10-23-17-25(38)33-18-26-34-24(19-44-26)29-36-32(2,20-45-29)31(41)35-28(30(40)42-23)21-12-14-22(37)15-13-21/h8,10,12-15,19,23,28,37H,3-7,9,11,16-18,20H2,1-2H3,(H,33,38)(H,35,41)/b10-8+/t23-,28+,32+/m1/s1. The normalized spacial score (nSPS) is 22.5. The zero-order valence-electron chi connectivity index (χ0n) is 25.6. The van der Waals surface area contributed by atoms with E-state index >= 15 is 0 Å². The predicted molar refractivity (Wildman–Crippen MR) is 179 cm³/mol. The molecule has 242 valence electrons. The van der Waals surface area contributed by atoms with Gasteiger partial charge >= 0.3 is 5.97 Å². The number of hydrogen-bond donors (Lipinski definition) is 3. The summed E-state index contributed by atoms with van der Waals surface area (Å²) in [7, 11) is 0. The molecule has 3 atom stereocenters. The average molecular weight is 673 g/mol. The number of carbonyl (C=O) groups excluding carboxylic acids is 4. The third-order valence-electron chi connectivity index (χ3n) is 7.31. The van der Waals surface area contributed by atoms with Crippen molar-refractivity contribution in [1.29, 1.82) is 0 Å². The second-order valence-electron chi connectivity index (χ2n) is 11.2. The first-order valence-electron chi connectivity index (χ1n) is 15.2. The summed E-state index contributed by atoms with van der Waals surface area (Å²) in [5, 5.41) is 18.8. The number of allylic oxidation sites excluding steroid dienone is 1. The molecule has 0 saturated carbocycles. The summed E-state index contributed by atoms with van der Waals surface area (Å²) in [6, 6.07) is 4.71. The number of aromatic nitrogens is 1. The summed E-state index contributed by atoms with van der Waals surface area (Å²) in [6.07, 6.45) is 9.00. The zero-order chi connectivity index (χ0) is 32.2. The number of thioether (sulfide) groups is 2. The van der Waals surface area contributed by atoms with E-state index in [4.69, 9.17) is 4.74 Å². The number of hydrogen-bond acceptors (Lipinski definition) is 11. The minimum absolute atomic E-state index is 0.00741. The van der Waals surface area contributed by atoms with E-state index in [0.717, 1.165) is 19.3 Å². The Kier molecular flexibility index (Phi) is 13.1. The molecule has 0 aliphatic carbocycles. The Labute approximate surface area is 276 Å². The molecule has 13 heteroatoms. The molecule has 2 aromatic rings. The lowest BCUT2D eigenvalue weighted by atomic mass is 10.0. The highest BCUT2D eigenvalue weighted by atomic mass is 32.2. The van der Waals surface area contributed by atoms with Gasteiger partial charge in [0.25, 0.3) is 0 Å². The van der Waals surface area contributed by atoms with Crippen LogP contribution in [0.1, 0.15) is 87.5 Å². The highest BCUT2D eigenvalue weighted by Gasteiger charge is 2.41. The number of phenolic OH excluding ortho intramolecular Hbond substituents is 1. The molecule has 2 aliphatic heterocycles. The van der Waals surface area contributed by atoms with E-state index in [2.05, 4.69) is 27.5 Å². The van der Waals surface area contributed by atoms with Gasteiger partial charge in [0, 0.05) is 23.3 Å². The Bertz CT molecular complexity index is 1410. The number of fused-ring (bicyclic) bond motifs is 4. The van der Waals surface area contributed by atoms with E-state index < -0.39 is 29.6 Å². The number of phenols is 1. The van der Waals surface area contributed by atoms with Crippen LogP contribution in [0.4, 0.5) is 0 Å². The maximum atomic E-state index is 13.6. The number of cyclic esters (lactones) is 1. The lowest BCUT2D eigenvalue weighted by molar-refractivity contribution is -0.152. The van der Waals surface area contributed by atoms with Crippen LogP contribution in [0.3, 0.4) is 0 Å². The molecule has 0 spiro atoms. The largest absolute Gasteiger partial charge is 0.508 e. The van der Waals surface area contributed by atoms with Crippen molar-refractivity contribution in [3.05, 3.63) is 58.1 Å². The second kappa shape index (κ2) is 17.0. The molecule has 0 fully saturated rings. The van der Waals surface area contributed by atoms with Gasteiger partial charge in [-0.3, -0.25) is 19.4 Å². The number of aromatic hydroxyl groups is 1. The van der Waals surface area contributed by atoms with Gasteiger partial charge in [-0.25, -0.2) is 9.78 Å². The van der Waals surface area contributed by atoms with Crippen molar-refractivity contribution in [1.82, 2.24) is 15.6 Å². The molecular weight excluding hydrogens is 633 g/mol. The highest BCUT2D eigenvalue weighted by molar-refractivity contribution is 8.14. The maximum absolute atomic E-state index is 13.6. The fourth-order valence-corrected chi connectivity index (χ4v) is 7.39. The summed E-state index contributed by atoms with van der Waals surface area (Å²) in [6.45, 7) is 4.07. The van der Waals surface area contributed by atoms with Crippen molar-refractivity contribution < 1.29 is 29.0 Å². The van der Waals surface area contributed by atoms with Crippen LogP contribution in [0.5, 0.6) is 5.75 Å². The number of rotatable bonds is 11. The number of ether oxygens (including phenoxy) is 1. The van der Waals surface area contributed by atoms with E-state index in [-0.39, 0.29) is 29.7 Å². The van der Waals surface area contributed by atoms with Crippen LogP contribution in [-0.2, 0) is 30.5 Å². The van der Waals surface area contributed by atoms with Crippen molar-refractivity contribution in [2.75, 3.05) is 11.5 Å². The van der Waals surface area contributed by atoms with Crippen LogP contribution in [0.2, 0.25) is 0 Å². The van der Waals surface area contributed by atoms with Crippen LogP contribution in [-0.4, -0.2) is 61.2 Å². The second-order valence-corrected chi connectivity index (χ2v) is 14.2. The summed E-state index contributed by atoms with van der Waals surface area (Å²) < 4.78 is 5.83. The van der Waals surface area contributed by atoms with Crippen molar-refractivity contribution in [3.63, 3.8) is 0 Å². The molecule has 10 nitrogen and oxygen atoms in total. The molecule has 0 saturated heterocycles. The van der Waals surface area contributed by atoms with E-state index in [1.165, 1.54) is 72.0 Å². The van der Waals surface area contributed by atoms with Crippen molar-refractivity contribution in [2.45, 2.75) is 89.4 Å². The van der Waals surface area contributed by atoms with E-state index in [1.807, 2.05) is 5.38 Å². The Balaban J connectivity index is 1.49. The number of nitrogens with one attached hydrogen (secondary N) is 2. The highest BCUT2D eigenvalue weighted by Crippen LogP contribution is 2.33. The molecule has 4 rings (SSSR count). The maximum Gasteiger partial charge on any atom is 0.333 e. The van der Waals surface area contributed by atoms with Gasteiger partial charge < -0.3 is 20.5 Å². The van der Waals surface area contributed by atoms with Crippen LogP contribution < -0.4 is 10.6 Å². The van der Waals surface area contributed by atoms with Gasteiger partial charge in [-0.15, -0.1) is 23.1 Å². The Morgan fingerprint density at radius 2 is 1.96 bits per heavy atom. The van der Waals surface area contributed by atoms with Gasteiger partial charge in [0.1, 0.15) is 33.1 Å². The van der Waals surface area contributed by atoms with Crippen LogP contribution in [0.25, 0.3) is 0 Å². The van der Waals surface area contributed by atoms with Crippen molar-refractivity contribution in [3.8, 4) is 5.75 Å². The lowest BCUT2D eigenvalue weighted by Crippen LogP contribution is -2.47. The number of carbonyl (C=O) groups is 4. The average Bonchev–Trinajstić information content (AvgIpc) is 3.66. The molecule has 3 heterocycles. The van der Waals surface area contributed by atoms with Crippen LogP contribution >= 0.6 is 34.9 Å². The zero-order valence-corrected chi connectivity index (χ0v) is 28.0. The van der Waals surface area contributed by atoms with Gasteiger partial charge in [0.05, 0.1) is 13.0 Å². The Hall–Kier alpha value is -3.16. The molecule has 0 unspecified atom stereocenters. The molecular formula is C32H40N4O6S3. The van der Waals surface area contributed by atoms with E-state index in [0.29, 0.717) is 45.7 Å². The first-order chi connectivity index (χ1) is 21.7. The van der Waals surface area contributed by atoms with Crippen LogP contribution in [0.15, 0.2) is 46.8 Å². The number of amides is 2. The monoisotopic (exact) mass is 672 g/mol. The number of esters is 1. The van der Waals surface area contributed by atoms with Crippen molar-refractivity contribution >= 4 is 62.8 Å². The molecule has 2 amide bonds. The Morgan fingerprint density at radius 1 is 1.18 bits per heavy atom. The summed E-state index contributed by atoms with van der Waals surface area (Å²) in [5.41, 5.74) is -0.0957. The summed E-state index contributed by atoms with van der Waals surface area (Å²) in [5.74, 6) is -0.599. The fraction of sp³-hybridized carbons (Fsp3) is 0.500. The quantitative estimate of drug-likeness (QED) is 0.161. The first kappa shape index (κ1) is 34.7. The molecule has 0 radical (unpaired) electrons. The smallest absolute Gasteiger partial charge is 0.333 e. The first-order valence-corrected chi connectivity index (χ1v) is 18.1. The SMILES string of the molecule is CCCCCCCC(=O)SCC/C=C/[C@@H]1CC(=O)NCc2nc(cs2)C2=N[C@@](C)(CS2)C(=O)N[C@@H](c2ccc(O)cc2)C(=O)O1. The molecule has 2 aliphatic rings. The van der Waals surface area contributed by atoms with Gasteiger partial charge in [-0.1, -0.05) is 62.6 Å². The minimum Gasteiger partial charge on any atom is -0.508 e. The topological polar surface area (TPSA) is 147 Å². The molecule has 3 N–H and O–H groups in total. The summed E-state index contributed by atoms with van der Waals surface area (Å²) in [4.78, 5) is 61.6. The molecule has 4 bridgehead atoms. The number of aliphatic imine (C=N–C) groups is 1. The van der Waals surface area contributed by atoms with E-state index in [9.17, 15) is 24.3 Å². The fourth-order valence-electron chi connectivity index (χ4n) is 4.70. The predicted octanol–water partition coefficient (Wildman–Crippen LogP) is 5.46. The van der Waals surface area contributed by atoms with Gasteiger partial charge in [0.2, 0.25) is 11.8 Å². The molecule has 45 heavy (non-hydrogen) atoms. The van der Waals surface area contributed by atoms with Crippen LogP contribution in [0, 0.1) is 0 Å². The van der Waals surface area contributed by atoms with Crippen molar-refractivity contribution in [2.24, 2.45) is 4.99 Å². The Morgan fingerprint density at radius 3 is 2.73 bits per heavy atom. The molecule has 1 aromatic carbocycles. The number of thiazole rings is 1. The van der Waals surface area contributed by atoms with Gasteiger partial charge in [-0.2, -0.15) is 0 Å². The minimum atomic E-state index is -1.21. The van der Waals surface area contributed by atoms with Gasteiger partial charge in [-0.05, 0) is 43.5 Å². The van der Waals surface area contributed by atoms with Gasteiger partial charge in [0.15, 0.2) is 11.2 Å².